The highest BCUT2D eigenvalue weighted by atomic mass is 32.2. The minimum Gasteiger partial charge on any atom is -0.326 e. The third-order valence-corrected chi connectivity index (χ3v) is 5.64. The van der Waals surface area contributed by atoms with Crippen molar-refractivity contribution in [3.8, 4) is 6.07 Å². The Morgan fingerprint density at radius 3 is 2.68 bits per heavy atom. The summed E-state index contributed by atoms with van der Waals surface area (Å²) in [4.78, 5) is 12.3. The van der Waals surface area contributed by atoms with E-state index in [1.807, 2.05) is 6.07 Å². The summed E-state index contributed by atoms with van der Waals surface area (Å²) in [6.07, 6.45) is 1.36. The summed E-state index contributed by atoms with van der Waals surface area (Å²) >= 11 is 0. The third kappa shape index (κ3) is 3.84. The van der Waals surface area contributed by atoms with E-state index < -0.39 is 10.0 Å². The largest absolute Gasteiger partial charge is 0.326 e. The Hall–Kier alpha value is -1.91. The lowest BCUT2D eigenvalue weighted by molar-refractivity contribution is -0.120. The van der Waals surface area contributed by atoms with Crippen molar-refractivity contribution in [1.29, 1.82) is 5.26 Å². The molecule has 0 aliphatic carbocycles. The van der Waals surface area contributed by atoms with Gasteiger partial charge in [0.25, 0.3) is 0 Å². The summed E-state index contributed by atoms with van der Waals surface area (Å²) in [6.45, 7) is 2.32. The van der Waals surface area contributed by atoms with Crippen LogP contribution < -0.4 is 5.32 Å². The highest BCUT2D eigenvalue weighted by Crippen LogP contribution is 2.21. The molecule has 6 nitrogen and oxygen atoms in total. The molecule has 0 saturated carbocycles. The van der Waals surface area contributed by atoms with Crippen molar-refractivity contribution in [2.45, 2.75) is 19.8 Å². The number of piperidine rings is 1. The van der Waals surface area contributed by atoms with Gasteiger partial charge in [0.15, 0.2) is 0 Å². The van der Waals surface area contributed by atoms with Gasteiger partial charge in [-0.2, -0.15) is 5.26 Å². The molecule has 118 valence electrons. The summed E-state index contributed by atoms with van der Waals surface area (Å²) in [7, 11) is -3.25. The van der Waals surface area contributed by atoms with Crippen LogP contribution in [0.3, 0.4) is 0 Å². The maximum Gasteiger partial charge on any atom is 0.228 e. The number of hydrogen-bond acceptors (Lipinski definition) is 4. The number of sulfonamides is 1. The molecule has 22 heavy (non-hydrogen) atoms. The Morgan fingerprint density at radius 2 is 2.09 bits per heavy atom. The van der Waals surface area contributed by atoms with Crippen LogP contribution in [-0.4, -0.2) is 37.5 Å². The monoisotopic (exact) mass is 321 g/mol. The second-order valence-electron chi connectivity index (χ2n) is 5.28. The van der Waals surface area contributed by atoms with Gasteiger partial charge in [0.2, 0.25) is 15.9 Å². The number of benzene rings is 1. The molecule has 1 aliphatic rings. The van der Waals surface area contributed by atoms with Crippen molar-refractivity contribution in [1.82, 2.24) is 4.31 Å². The maximum atomic E-state index is 12.3. The molecule has 1 aromatic carbocycles. The van der Waals surface area contributed by atoms with E-state index in [2.05, 4.69) is 5.32 Å². The number of nitrogens with zero attached hydrogens (tertiary/aromatic N) is 2. The van der Waals surface area contributed by atoms with Crippen molar-refractivity contribution in [2.75, 3.05) is 24.2 Å². The molecule has 1 saturated heterocycles. The molecule has 1 atom stereocenters. The number of rotatable bonds is 4. The van der Waals surface area contributed by atoms with E-state index in [0.29, 0.717) is 30.6 Å². The number of carbonyl (C=O) groups is 1. The zero-order chi connectivity index (χ0) is 16.2. The fourth-order valence-corrected chi connectivity index (χ4v) is 3.64. The highest BCUT2D eigenvalue weighted by molar-refractivity contribution is 7.89. The molecular weight excluding hydrogens is 302 g/mol. The van der Waals surface area contributed by atoms with Gasteiger partial charge in [0.05, 0.1) is 23.3 Å². The predicted octanol–water partition coefficient (Wildman–Crippen LogP) is 1.56. The van der Waals surface area contributed by atoms with Gasteiger partial charge in [0, 0.05) is 18.8 Å². The van der Waals surface area contributed by atoms with E-state index >= 15 is 0 Å². The first kappa shape index (κ1) is 16.5. The second kappa shape index (κ2) is 6.90. The van der Waals surface area contributed by atoms with Crippen molar-refractivity contribution in [2.24, 2.45) is 5.92 Å². The Labute approximate surface area is 130 Å². The molecule has 0 spiro atoms. The number of nitriles is 1. The average molecular weight is 321 g/mol. The van der Waals surface area contributed by atoms with Gasteiger partial charge in [-0.25, -0.2) is 12.7 Å². The van der Waals surface area contributed by atoms with Gasteiger partial charge >= 0.3 is 0 Å². The van der Waals surface area contributed by atoms with Crippen LogP contribution in [0.4, 0.5) is 5.69 Å². The lowest BCUT2D eigenvalue weighted by Crippen LogP contribution is -2.44. The quantitative estimate of drug-likeness (QED) is 0.911. The summed E-state index contributed by atoms with van der Waals surface area (Å²) in [5, 5.41) is 11.5. The van der Waals surface area contributed by atoms with E-state index in [0.717, 1.165) is 0 Å². The fraction of sp³-hybridized carbons (Fsp3) is 0.467. The number of hydrogen-bond donors (Lipinski definition) is 1. The average Bonchev–Trinajstić information content (AvgIpc) is 2.55. The van der Waals surface area contributed by atoms with Gasteiger partial charge in [0.1, 0.15) is 0 Å². The molecule has 1 aromatic rings. The van der Waals surface area contributed by atoms with Gasteiger partial charge in [-0.1, -0.05) is 0 Å². The molecule has 0 bridgehead atoms. The van der Waals surface area contributed by atoms with Crippen LogP contribution in [0.1, 0.15) is 25.3 Å². The lowest BCUT2D eigenvalue weighted by Gasteiger charge is -2.30. The SMILES string of the molecule is CCS(=O)(=O)N1CCC[C@H](C(=O)Nc2ccc(C#N)cc2)C1. The van der Waals surface area contributed by atoms with E-state index in [1.54, 1.807) is 31.2 Å². The van der Waals surface area contributed by atoms with Crippen LogP contribution in [0.15, 0.2) is 24.3 Å². The van der Waals surface area contributed by atoms with Gasteiger partial charge in [-0.3, -0.25) is 4.79 Å². The number of nitrogens with one attached hydrogen (secondary N) is 1. The predicted molar refractivity (Wildman–Crippen MR) is 83.5 cm³/mol. The maximum absolute atomic E-state index is 12.3. The smallest absolute Gasteiger partial charge is 0.228 e. The molecule has 1 N–H and O–H groups in total. The Morgan fingerprint density at radius 1 is 1.41 bits per heavy atom. The summed E-state index contributed by atoms with van der Waals surface area (Å²) in [6, 6.07) is 8.61. The molecular formula is C15H19N3O3S. The van der Waals surface area contributed by atoms with Crippen molar-refractivity contribution in [3.63, 3.8) is 0 Å². The fourth-order valence-electron chi connectivity index (χ4n) is 2.46. The molecule has 7 heteroatoms. The van der Waals surface area contributed by atoms with Crippen molar-refractivity contribution < 1.29 is 13.2 Å². The van der Waals surface area contributed by atoms with Crippen molar-refractivity contribution in [3.05, 3.63) is 29.8 Å². The van der Waals surface area contributed by atoms with Crippen LogP contribution in [0.25, 0.3) is 0 Å². The molecule has 1 fully saturated rings. The van der Waals surface area contributed by atoms with Gasteiger partial charge < -0.3 is 5.32 Å². The first-order valence-electron chi connectivity index (χ1n) is 7.25. The van der Waals surface area contributed by atoms with E-state index in [4.69, 9.17) is 5.26 Å². The Balaban J connectivity index is 2.01. The molecule has 0 aromatic heterocycles. The molecule has 1 aliphatic heterocycles. The summed E-state index contributed by atoms with van der Waals surface area (Å²) < 4.78 is 25.2. The molecule has 2 rings (SSSR count). The molecule has 0 radical (unpaired) electrons. The molecule has 0 unspecified atom stereocenters. The summed E-state index contributed by atoms with van der Waals surface area (Å²) in [5.41, 5.74) is 1.13. The standard InChI is InChI=1S/C15H19N3O3S/c1-2-22(20,21)18-9-3-4-13(11-18)15(19)17-14-7-5-12(10-16)6-8-14/h5-8,13H,2-4,9,11H2,1H3,(H,17,19)/t13-/m0/s1. The third-order valence-electron chi connectivity index (χ3n) is 3.79. The van der Waals surface area contributed by atoms with Crippen LogP contribution in [0, 0.1) is 17.2 Å². The minimum absolute atomic E-state index is 0.0525. The normalized spacial score (nSPS) is 19.4. The van der Waals surface area contributed by atoms with Gasteiger partial charge in [-0.15, -0.1) is 0 Å². The zero-order valence-electron chi connectivity index (χ0n) is 12.4. The minimum atomic E-state index is -3.25. The van der Waals surface area contributed by atoms with Crippen molar-refractivity contribution >= 4 is 21.6 Å². The van der Waals surface area contributed by atoms with Crippen LogP contribution in [0.5, 0.6) is 0 Å². The van der Waals surface area contributed by atoms with E-state index in [9.17, 15) is 13.2 Å². The summed E-state index contributed by atoms with van der Waals surface area (Å²) in [5.74, 6) is -0.469. The first-order chi connectivity index (χ1) is 10.5. The van der Waals surface area contributed by atoms with Gasteiger partial charge in [-0.05, 0) is 44.0 Å². The van der Waals surface area contributed by atoms with E-state index in [1.165, 1.54) is 4.31 Å². The number of anilines is 1. The zero-order valence-corrected chi connectivity index (χ0v) is 13.3. The number of carbonyl (C=O) groups excluding carboxylic acids is 1. The highest BCUT2D eigenvalue weighted by Gasteiger charge is 2.31. The topological polar surface area (TPSA) is 90.3 Å². The van der Waals surface area contributed by atoms with Crippen LogP contribution in [-0.2, 0) is 14.8 Å². The Kier molecular flexibility index (Phi) is 5.16. The first-order valence-corrected chi connectivity index (χ1v) is 8.86. The van der Waals surface area contributed by atoms with Crippen LogP contribution >= 0.6 is 0 Å². The number of amides is 1. The second-order valence-corrected chi connectivity index (χ2v) is 7.53. The molecule has 1 amide bonds. The van der Waals surface area contributed by atoms with Crippen LogP contribution in [0.2, 0.25) is 0 Å². The Bertz CT molecular complexity index is 677. The molecule has 1 heterocycles. The van der Waals surface area contributed by atoms with E-state index in [-0.39, 0.29) is 24.1 Å². The lowest BCUT2D eigenvalue weighted by atomic mass is 9.98.